The topological polar surface area (TPSA) is 12.5 Å². The second-order valence-electron chi connectivity index (χ2n) is 7.97. The van der Waals surface area contributed by atoms with Gasteiger partial charge in [-0.25, -0.2) is 0 Å². The lowest BCUT2D eigenvalue weighted by atomic mass is 9.70. The maximum atomic E-state index is 6.66. The minimum absolute atomic E-state index is 0. The monoisotopic (exact) mass is 351 g/mol. The zero-order valence-electron chi connectivity index (χ0n) is 15.4. The van der Waals surface area contributed by atoms with E-state index in [1.807, 2.05) is 0 Å². The highest BCUT2D eigenvalue weighted by Crippen LogP contribution is 2.45. The van der Waals surface area contributed by atoms with Gasteiger partial charge in [0.25, 0.3) is 0 Å². The SMILES string of the molecule is CC1CC(C)CC(OCCN2CCCCC2)(c2ccccc2)C1.Cl. The molecule has 0 radical (unpaired) electrons. The van der Waals surface area contributed by atoms with Crippen LogP contribution in [-0.4, -0.2) is 31.1 Å². The van der Waals surface area contributed by atoms with Gasteiger partial charge in [0.05, 0.1) is 12.2 Å². The van der Waals surface area contributed by atoms with Crippen molar-refractivity contribution < 1.29 is 4.74 Å². The number of hydrogen-bond acceptors (Lipinski definition) is 2. The fourth-order valence-electron chi connectivity index (χ4n) is 4.79. The van der Waals surface area contributed by atoms with E-state index in [2.05, 4.69) is 49.1 Å². The van der Waals surface area contributed by atoms with Crippen LogP contribution in [0.5, 0.6) is 0 Å². The number of benzene rings is 1. The van der Waals surface area contributed by atoms with Crippen LogP contribution in [0.2, 0.25) is 0 Å². The van der Waals surface area contributed by atoms with Crippen molar-refractivity contribution in [3.05, 3.63) is 35.9 Å². The van der Waals surface area contributed by atoms with Gasteiger partial charge >= 0.3 is 0 Å². The first-order valence-corrected chi connectivity index (χ1v) is 9.60. The van der Waals surface area contributed by atoms with E-state index in [0.29, 0.717) is 0 Å². The Morgan fingerprint density at radius 2 is 1.62 bits per heavy atom. The predicted octanol–water partition coefficient (Wildman–Crippen LogP) is 5.26. The van der Waals surface area contributed by atoms with Gasteiger partial charge in [-0.15, -0.1) is 12.4 Å². The summed E-state index contributed by atoms with van der Waals surface area (Å²) in [4.78, 5) is 2.58. The molecule has 2 unspecified atom stereocenters. The van der Waals surface area contributed by atoms with Crippen LogP contribution < -0.4 is 0 Å². The highest BCUT2D eigenvalue weighted by molar-refractivity contribution is 5.85. The second kappa shape index (κ2) is 9.22. The van der Waals surface area contributed by atoms with Crippen molar-refractivity contribution >= 4 is 12.4 Å². The van der Waals surface area contributed by atoms with Crippen LogP contribution in [0.25, 0.3) is 0 Å². The number of ether oxygens (including phenoxy) is 1. The summed E-state index contributed by atoms with van der Waals surface area (Å²) in [7, 11) is 0. The van der Waals surface area contributed by atoms with Gasteiger partial charge in [-0.3, -0.25) is 0 Å². The molecule has 1 aliphatic heterocycles. The Morgan fingerprint density at radius 3 is 2.25 bits per heavy atom. The van der Waals surface area contributed by atoms with E-state index in [1.54, 1.807) is 0 Å². The van der Waals surface area contributed by atoms with E-state index in [1.165, 1.54) is 57.2 Å². The molecular formula is C21H34ClNO. The first-order chi connectivity index (χ1) is 11.2. The third-order valence-corrected chi connectivity index (χ3v) is 5.70. The molecule has 1 saturated heterocycles. The first-order valence-electron chi connectivity index (χ1n) is 9.60. The third-order valence-electron chi connectivity index (χ3n) is 5.70. The quantitative estimate of drug-likeness (QED) is 0.717. The highest BCUT2D eigenvalue weighted by Gasteiger charge is 2.40. The van der Waals surface area contributed by atoms with Crippen LogP contribution >= 0.6 is 12.4 Å². The fraction of sp³-hybridized carbons (Fsp3) is 0.714. The molecule has 2 aliphatic rings. The van der Waals surface area contributed by atoms with Gasteiger partial charge < -0.3 is 9.64 Å². The predicted molar refractivity (Wildman–Crippen MR) is 104 cm³/mol. The number of halogens is 1. The number of hydrogen-bond donors (Lipinski definition) is 0. The van der Waals surface area contributed by atoms with Crippen molar-refractivity contribution in [1.82, 2.24) is 4.90 Å². The van der Waals surface area contributed by atoms with Crippen molar-refractivity contribution in [2.24, 2.45) is 11.8 Å². The molecule has 24 heavy (non-hydrogen) atoms. The average Bonchev–Trinajstić information content (AvgIpc) is 2.56. The summed E-state index contributed by atoms with van der Waals surface area (Å²) in [6.07, 6.45) is 7.79. The Labute approximate surface area is 154 Å². The molecule has 0 aromatic heterocycles. The lowest BCUT2D eigenvalue weighted by Gasteiger charge is -2.43. The lowest BCUT2D eigenvalue weighted by molar-refractivity contribution is -0.104. The Hall–Kier alpha value is -0.570. The molecule has 0 N–H and O–H groups in total. The molecule has 0 spiro atoms. The second-order valence-corrected chi connectivity index (χ2v) is 7.97. The first kappa shape index (κ1) is 19.8. The van der Waals surface area contributed by atoms with E-state index in [-0.39, 0.29) is 18.0 Å². The van der Waals surface area contributed by atoms with Crippen LogP contribution in [0, 0.1) is 11.8 Å². The Bertz CT molecular complexity index is 462. The molecule has 3 heteroatoms. The van der Waals surface area contributed by atoms with Gasteiger partial charge in [-0.1, -0.05) is 50.6 Å². The van der Waals surface area contributed by atoms with E-state index in [4.69, 9.17) is 4.74 Å². The van der Waals surface area contributed by atoms with Crippen molar-refractivity contribution in [1.29, 1.82) is 0 Å². The summed E-state index contributed by atoms with van der Waals surface area (Å²) in [5.74, 6) is 1.49. The molecule has 1 aliphatic carbocycles. The molecule has 1 saturated carbocycles. The van der Waals surface area contributed by atoms with Crippen LogP contribution in [0.1, 0.15) is 57.9 Å². The van der Waals surface area contributed by atoms with Crippen molar-refractivity contribution in [2.45, 2.75) is 58.0 Å². The van der Waals surface area contributed by atoms with E-state index >= 15 is 0 Å². The molecule has 2 nitrogen and oxygen atoms in total. The summed E-state index contributed by atoms with van der Waals surface area (Å²) in [5.41, 5.74) is 1.32. The standard InChI is InChI=1S/C21H33NO.ClH/c1-18-15-19(2)17-21(16-18,20-9-5-3-6-10-20)23-14-13-22-11-7-4-8-12-22;/h3,5-6,9-10,18-19H,4,7-8,11-17H2,1-2H3;1H. The van der Waals surface area contributed by atoms with Crippen molar-refractivity contribution in [3.8, 4) is 0 Å². The molecule has 1 heterocycles. The molecular weight excluding hydrogens is 318 g/mol. The van der Waals surface area contributed by atoms with E-state index in [9.17, 15) is 0 Å². The van der Waals surface area contributed by atoms with Gasteiger partial charge in [0.15, 0.2) is 0 Å². The summed E-state index contributed by atoms with van der Waals surface area (Å²) in [6.45, 7) is 9.26. The largest absolute Gasteiger partial charge is 0.369 e. The number of likely N-dealkylation sites (tertiary alicyclic amines) is 1. The summed E-state index contributed by atoms with van der Waals surface area (Å²) >= 11 is 0. The molecule has 2 fully saturated rings. The maximum Gasteiger partial charge on any atom is 0.0937 e. The minimum atomic E-state index is -0.0614. The molecule has 2 atom stereocenters. The Kier molecular flexibility index (Phi) is 7.59. The van der Waals surface area contributed by atoms with Crippen LogP contribution in [0.3, 0.4) is 0 Å². The molecule has 3 rings (SSSR count). The lowest BCUT2D eigenvalue weighted by Crippen LogP contribution is -2.41. The molecule has 136 valence electrons. The van der Waals surface area contributed by atoms with Crippen LogP contribution in [0.4, 0.5) is 0 Å². The summed E-state index contributed by atoms with van der Waals surface area (Å²) in [5, 5.41) is 0. The van der Waals surface area contributed by atoms with E-state index in [0.717, 1.165) is 25.0 Å². The van der Waals surface area contributed by atoms with Crippen LogP contribution in [0.15, 0.2) is 30.3 Å². The molecule has 0 amide bonds. The Balaban J connectivity index is 0.00000208. The molecule has 0 bridgehead atoms. The Morgan fingerprint density at radius 1 is 1.00 bits per heavy atom. The maximum absolute atomic E-state index is 6.66. The minimum Gasteiger partial charge on any atom is -0.369 e. The highest BCUT2D eigenvalue weighted by atomic mass is 35.5. The normalized spacial score (nSPS) is 31.4. The van der Waals surface area contributed by atoms with Gasteiger partial charge in [-0.2, -0.15) is 0 Å². The summed E-state index contributed by atoms with van der Waals surface area (Å²) in [6, 6.07) is 11.0. The van der Waals surface area contributed by atoms with Crippen molar-refractivity contribution in [3.63, 3.8) is 0 Å². The zero-order chi connectivity index (χ0) is 16.1. The molecule has 1 aromatic carbocycles. The van der Waals surface area contributed by atoms with Crippen LogP contribution in [-0.2, 0) is 10.3 Å². The van der Waals surface area contributed by atoms with Gasteiger partial charge in [0.2, 0.25) is 0 Å². The number of piperidine rings is 1. The smallest absolute Gasteiger partial charge is 0.0937 e. The summed E-state index contributed by atoms with van der Waals surface area (Å²) < 4.78 is 6.66. The zero-order valence-corrected chi connectivity index (χ0v) is 16.2. The van der Waals surface area contributed by atoms with Gasteiger partial charge in [0.1, 0.15) is 0 Å². The fourth-order valence-corrected chi connectivity index (χ4v) is 4.79. The van der Waals surface area contributed by atoms with Gasteiger partial charge in [-0.05, 0) is 62.6 Å². The van der Waals surface area contributed by atoms with Gasteiger partial charge in [0, 0.05) is 6.54 Å². The molecule has 1 aromatic rings. The van der Waals surface area contributed by atoms with E-state index < -0.39 is 0 Å². The average molecular weight is 352 g/mol. The number of nitrogens with zero attached hydrogens (tertiary/aromatic N) is 1. The third kappa shape index (κ3) is 4.97. The van der Waals surface area contributed by atoms with Crippen molar-refractivity contribution in [2.75, 3.05) is 26.2 Å². The number of rotatable bonds is 5.